The van der Waals surface area contributed by atoms with Crippen molar-refractivity contribution >= 4 is 12.2 Å². The van der Waals surface area contributed by atoms with Crippen molar-refractivity contribution in [2.75, 3.05) is 0 Å². The zero-order valence-electron chi connectivity index (χ0n) is 12.6. The lowest BCUT2D eigenvalue weighted by Crippen LogP contribution is -2.30. The molecule has 0 aliphatic rings. The molecule has 2 rings (SSSR count). The second-order valence-corrected chi connectivity index (χ2v) is 5.36. The molecule has 2 N–H and O–H groups in total. The normalized spacial score (nSPS) is 12.7. The maximum Gasteiger partial charge on any atom is 0.251 e. The highest BCUT2D eigenvalue weighted by atomic mass is 16.1. The zero-order valence-corrected chi connectivity index (χ0v) is 12.6. The smallest absolute Gasteiger partial charge is 0.251 e. The third-order valence-corrected chi connectivity index (χ3v) is 3.52. The van der Waals surface area contributed by atoms with E-state index in [-0.39, 0.29) is 11.6 Å². The highest BCUT2D eigenvalue weighted by Gasteiger charge is 2.02. The van der Waals surface area contributed by atoms with E-state index in [1.165, 1.54) is 5.56 Å². The van der Waals surface area contributed by atoms with E-state index in [9.17, 15) is 4.79 Å². The van der Waals surface area contributed by atoms with Crippen LogP contribution in [0.15, 0.2) is 47.4 Å². The Bertz CT molecular complexity index is 668. The van der Waals surface area contributed by atoms with Gasteiger partial charge in [-0.1, -0.05) is 48.9 Å². The summed E-state index contributed by atoms with van der Waals surface area (Å²) in [6, 6.07) is 11.9. The van der Waals surface area contributed by atoms with E-state index in [2.05, 4.69) is 31.2 Å². The first kappa shape index (κ1) is 15.3. The van der Waals surface area contributed by atoms with E-state index in [1.807, 2.05) is 31.3 Å². The highest BCUT2D eigenvalue weighted by Crippen LogP contribution is 2.08. The summed E-state index contributed by atoms with van der Waals surface area (Å²) in [6.45, 7) is 4.65. The highest BCUT2D eigenvalue weighted by molar-refractivity contribution is 5.69. The standard InChI is InChI=1S/C18H22N2O/c1-3-17(19)13-20-11-10-16(12-18(20)21)9-8-15-6-4-14(2)5-7-15/h4-12,17H,3,13,19H2,1-2H3/b9-8+. The summed E-state index contributed by atoms with van der Waals surface area (Å²) in [5.74, 6) is 0. The van der Waals surface area contributed by atoms with Gasteiger partial charge >= 0.3 is 0 Å². The van der Waals surface area contributed by atoms with Crippen LogP contribution in [0, 0.1) is 6.92 Å². The second kappa shape index (κ2) is 7.04. The van der Waals surface area contributed by atoms with Gasteiger partial charge in [-0.15, -0.1) is 0 Å². The van der Waals surface area contributed by atoms with Crippen LogP contribution in [0.1, 0.15) is 30.0 Å². The molecule has 0 radical (unpaired) electrons. The molecule has 0 amide bonds. The first-order valence-corrected chi connectivity index (χ1v) is 7.29. The number of aromatic nitrogens is 1. The third kappa shape index (κ3) is 4.43. The van der Waals surface area contributed by atoms with Gasteiger partial charge in [0.05, 0.1) is 0 Å². The van der Waals surface area contributed by atoms with Gasteiger partial charge in [0, 0.05) is 24.8 Å². The van der Waals surface area contributed by atoms with Crippen LogP contribution in [-0.2, 0) is 6.54 Å². The maximum absolute atomic E-state index is 12.0. The number of benzene rings is 1. The Kier molecular flexibility index (Phi) is 5.12. The number of hydrogen-bond donors (Lipinski definition) is 1. The average Bonchev–Trinajstić information content (AvgIpc) is 2.49. The molecule has 1 atom stereocenters. The van der Waals surface area contributed by atoms with Crippen molar-refractivity contribution in [3.05, 3.63) is 69.6 Å². The average molecular weight is 282 g/mol. The van der Waals surface area contributed by atoms with E-state index >= 15 is 0 Å². The molecule has 110 valence electrons. The van der Waals surface area contributed by atoms with E-state index in [1.54, 1.807) is 10.6 Å². The fraction of sp³-hybridized carbons (Fsp3) is 0.278. The first-order valence-electron chi connectivity index (χ1n) is 7.29. The second-order valence-electron chi connectivity index (χ2n) is 5.36. The summed E-state index contributed by atoms with van der Waals surface area (Å²) in [7, 11) is 0. The molecule has 1 unspecified atom stereocenters. The zero-order chi connectivity index (χ0) is 15.2. The summed E-state index contributed by atoms with van der Waals surface area (Å²) < 4.78 is 1.66. The van der Waals surface area contributed by atoms with Crippen molar-refractivity contribution in [3.63, 3.8) is 0 Å². The fourth-order valence-electron chi connectivity index (χ4n) is 2.03. The van der Waals surface area contributed by atoms with Gasteiger partial charge in [-0.2, -0.15) is 0 Å². The molecule has 2 aromatic rings. The van der Waals surface area contributed by atoms with Crippen molar-refractivity contribution in [1.29, 1.82) is 0 Å². The predicted octanol–water partition coefficient (Wildman–Crippen LogP) is 3.06. The molecule has 0 saturated heterocycles. The van der Waals surface area contributed by atoms with Crippen LogP contribution in [0.4, 0.5) is 0 Å². The summed E-state index contributed by atoms with van der Waals surface area (Å²) in [5, 5.41) is 0. The van der Waals surface area contributed by atoms with Gasteiger partial charge in [0.15, 0.2) is 0 Å². The van der Waals surface area contributed by atoms with Crippen molar-refractivity contribution in [1.82, 2.24) is 4.57 Å². The topological polar surface area (TPSA) is 48.0 Å². The number of rotatable bonds is 5. The molecule has 0 aliphatic carbocycles. The minimum absolute atomic E-state index is 0.00930. The summed E-state index contributed by atoms with van der Waals surface area (Å²) in [6.07, 6.45) is 6.64. The van der Waals surface area contributed by atoms with E-state index in [0.29, 0.717) is 6.54 Å². The van der Waals surface area contributed by atoms with Gasteiger partial charge in [0.1, 0.15) is 0 Å². The Morgan fingerprint density at radius 3 is 2.43 bits per heavy atom. The van der Waals surface area contributed by atoms with Crippen molar-refractivity contribution in [3.8, 4) is 0 Å². The molecule has 0 spiro atoms. The first-order chi connectivity index (χ1) is 10.1. The lowest BCUT2D eigenvalue weighted by atomic mass is 10.1. The fourth-order valence-corrected chi connectivity index (χ4v) is 2.03. The van der Waals surface area contributed by atoms with Crippen LogP contribution in [0.25, 0.3) is 12.2 Å². The number of hydrogen-bond acceptors (Lipinski definition) is 2. The molecule has 3 heteroatoms. The molecule has 1 heterocycles. The van der Waals surface area contributed by atoms with Crippen molar-refractivity contribution < 1.29 is 0 Å². The van der Waals surface area contributed by atoms with Gasteiger partial charge in [-0.05, 0) is 30.5 Å². The molecule has 0 fully saturated rings. The van der Waals surface area contributed by atoms with Gasteiger partial charge < -0.3 is 10.3 Å². The maximum atomic E-state index is 12.0. The molecular weight excluding hydrogens is 260 g/mol. The van der Waals surface area contributed by atoms with Crippen molar-refractivity contribution in [2.45, 2.75) is 32.9 Å². The Morgan fingerprint density at radius 2 is 1.81 bits per heavy atom. The molecular formula is C18H22N2O. The lowest BCUT2D eigenvalue weighted by molar-refractivity contribution is 0.527. The minimum Gasteiger partial charge on any atom is -0.326 e. The monoisotopic (exact) mass is 282 g/mol. The molecule has 21 heavy (non-hydrogen) atoms. The van der Waals surface area contributed by atoms with Crippen LogP contribution >= 0.6 is 0 Å². The molecule has 0 saturated carbocycles. The summed E-state index contributed by atoms with van der Waals surface area (Å²) in [5.41, 5.74) is 9.14. The summed E-state index contributed by atoms with van der Waals surface area (Å²) >= 11 is 0. The predicted molar refractivity (Wildman–Crippen MR) is 89.1 cm³/mol. The van der Waals surface area contributed by atoms with E-state index in [0.717, 1.165) is 17.5 Å². The van der Waals surface area contributed by atoms with E-state index in [4.69, 9.17) is 5.73 Å². The Hall–Kier alpha value is -2.13. The van der Waals surface area contributed by atoms with E-state index < -0.39 is 0 Å². The lowest BCUT2D eigenvalue weighted by Gasteiger charge is -2.11. The Morgan fingerprint density at radius 1 is 1.14 bits per heavy atom. The number of nitrogens with zero attached hydrogens (tertiary/aromatic N) is 1. The summed E-state index contributed by atoms with van der Waals surface area (Å²) in [4.78, 5) is 12.0. The van der Waals surface area contributed by atoms with Crippen LogP contribution in [0.3, 0.4) is 0 Å². The quantitative estimate of drug-likeness (QED) is 0.916. The minimum atomic E-state index is -0.00930. The van der Waals surface area contributed by atoms with Crippen LogP contribution < -0.4 is 11.3 Å². The number of nitrogens with two attached hydrogens (primary N) is 1. The molecule has 0 bridgehead atoms. The third-order valence-electron chi connectivity index (χ3n) is 3.52. The largest absolute Gasteiger partial charge is 0.326 e. The van der Waals surface area contributed by atoms with Crippen LogP contribution in [0.5, 0.6) is 0 Å². The number of pyridine rings is 1. The van der Waals surface area contributed by atoms with Gasteiger partial charge in [0.25, 0.3) is 5.56 Å². The Balaban J connectivity index is 2.13. The SMILES string of the molecule is CCC(N)Cn1ccc(/C=C/c2ccc(C)cc2)cc1=O. The molecule has 3 nitrogen and oxygen atoms in total. The van der Waals surface area contributed by atoms with Gasteiger partial charge in [-0.25, -0.2) is 0 Å². The number of aryl methyl sites for hydroxylation is 1. The van der Waals surface area contributed by atoms with Gasteiger partial charge in [0.2, 0.25) is 0 Å². The van der Waals surface area contributed by atoms with Crippen LogP contribution in [0.2, 0.25) is 0 Å². The molecule has 0 aliphatic heterocycles. The molecule has 1 aromatic carbocycles. The Labute approximate surface area is 125 Å². The van der Waals surface area contributed by atoms with Gasteiger partial charge in [-0.3, -0.25) is 4.79 Å². The molecule has 1 aromatic heterocycles. The van der Waals surface area contributed by atoms with Crippen molar-refractivity contribution in [2.24, 2.45) is 5.73 Å². The van der Waals surface area contributed by atoms with Crippen LogP contribution in [-0.4, -0.2) is 10.6 Å².